The Morgan fingerprint density at radius 3 is 2.39 bits per heavy atom. The molecule has 0 saturated heterocycles. The molecule has 6 rings (SSSR count). The fourth-order valence-corrected chi connectivity index (χ4v) is 4.83. The predicted octanol–water partition coefficient (Wildman–Crippen LogP) is 7.27. The molecule has 1 unspecified atom stereocenters. The van der Waals surface area contributed by atoms with Gasteiger partial charge in [0, 0.05) is 18.5 Å². The molecule has 1 atom stereocenters. The van der Waals surface area contributed by atoms with Gasteiger partial charge in [0.15, 0.2) is 0 Å². The molecular formula is C30H22N2O. The minimum absolute atomic E-state index is 0.338. The Morgan fingerprint density at radius 2 is 1.52 bits per heavy atom. The van der Waals surface area contributed by atoms with Gasteiger partial charge < -0.3 is 4.74 Å². The van der Waals surface area contributed by atoms with E-state index in [1.165, 1.54) is 22.3 Å². The van der Waals surface area contributed by atoms with Crippen molar-refractivity contribution in [3.63, 3.8) is 0 Å². The number of benzene rings is 3. The van der Waals surface area contributed by atoms with Crippen molar-refractivity contribution in [3.05, 3.63) is 132 Å². The first-order chi connectivity index (χ1) is 16.6. The number of rotatable bonds is 4. The fraction of sp³-hybridized carbons (Fsp3) is 0.0667. The molecule has 5 aromatic rings. The second-order valence-corrected chi connectivity index (χ2v) is 8.37. The fourth-order valence-electron chi connectivity index (χ4n) is 4.83. The monoisotopic (exact) mass is 427 g/mol. The molecule has 3 aromatic carbocycles. The van der Waals surface area contributed by atoms with Crippen molar-refractivity contribution in [1.29, 1.82) is 0 Å². The highest BCUT2D eigenvalue weighted by molar-refractivity contribution is 5.85. The zero-order valence-electron chi connectivity index (χ0n) is 19.2. The molecule has 0 saturated carbocycles. The van der Waals surface area contributed by atoms with Gasteiger partial charge in [-0.1, -0.05) is 60.6 Å². The Balaban J connectivity index is 1.45. The number of hydrogen-bond donors (Lipinski definition) is 0. The average Bonchev–Trinajstić information content (AvgIpc) is 3.14. The van der Waals surface area contributed by atoms with Gasteiger partial charge in [-0.25, -0.2) is 4.98 Å². The van der Waals surface area contributed by atoms with E-state index in [0.717, 1.165) is 16.8 Å². The maximum atomic E-state index is 7.79. The summed E-state index contributed by atoms with van der Waals surface area (Å²) in [7, 11) is 0. The Labute approximate surface area is 194 Å². The second-order valence-electron chi connectivity index (χ2n) is 8.37. The van der Waals surface area contributed by atoms with Crippen LogP contribution in [0.1, 0.15) is 25.1 Å². The van der Waals surface area contributed by atoms with Crippen molar-refractivity contribution in [3.8, 4) is 33.9 Å². The van der Waals surface area contributed by atoms with E-state index in [0.29, 0.717) is 17.7 Å². The van der Waals surface area contributed by atoms with E-state index < -0.39 is 0 Å². The quantitative estimate of drug-likeness (QED) is 0.302. The summed E-state index contributed by atoms with van der Waals surface area (Å²) < 4.78 is 13.7. The minimum atomic E-state index is -0.338. The van der Waals surface area contributed by atoms with Crippen LogP contribution in [0.4, 0.5) is 0 Å². The molecule has 0 aliphatic heterocycles. The zero-order chi connectivity index (χ0) is 23.1. The summed E-state index contributed by atoms with van der Waals surface area (Å²) in [4.78, 5) is 8.97. The van der Waals surface area contributed by atoms with Gasteiger partial charge in [-0.2, -0.15) is 0 Å². The molecule has 0 radical (unpaired) electrons. The third kappa shape index (κ3) is 3.21. The van der Waals surface area contributed by atoms with Gasteiger partial charge in [-0.3, -0.25) is 4.98 Å². The number of pyridine rings is 2. The number of nitrogens with zero attached hydrogens (tertiary/aromatic N) is 2. The van der Waals surface area contributed by atoms with Gasteiger partial charge in [-0.05, 0) is 76.7 Å². The van der Waals surface area contributed by atoms with Gasteiger partial charge in [0.2, 0.25) is 5.88 Å². The van der Waals surface area contributed by atoms with Gasteiger partial charge in [0.05, 0.1) is 12.5 Å². The van der Waals surface area contributed by atoms with E-state index >= 15 is 0 Å². The van der Waals surface area contributed by atoms with E-state index in [1.54, 1.807) is 18.3 Å². The number of aromatic nitrogens is 2. The summed E-state index contributed by atoms with van der Waals surface area (Å²) in [6.45, 7) is 2.27. The highest BCUT2D eigenvalue weighted by Crippen LogP contribution is 2.52. The van der Waals surface area contributed by atoms with Crippen LogP contribution in [-0.2, 0) is 5.41 Å². The SMILES string of the molecule is [2H]c1ccnc(Oc2cccc(-c3ccc4c(c3)C(C)(c3ccccn3)c3ccccc3-4)c2)c1. The molecule has 3 nitrogen and oxygen atoms in total. The number of ether oxygens (including phenoxy) is 1. The Kier molecular flexibility index (Phi) is 4.29. The van der Waals surface area contributed by atoms with Crippen molar-refractivity contribution >= 4 is 0 Å². The first kappa shape index (κ1) is 18.3. The topological polar surface area (TPSA) is 35.0 Å². The summed E-state index contributed by atoms with van der Waals surface area (Å²) >= 11 is 0. The van der Waals surface area contributed by atoms with E-state index in [4.69, 9.17) is 11.1 Å². The van der Waals surface area contributed by atoms with Gasteiger partial charge in [0.1, 0.15) is 5.75 Å². The number of hydrogen-bond acceptors (Lipinski definition) is 3. The van der Waals surface area contributed by atoms with Gasteiger partial charge in [-0.15, -0.1) is 0 Å². The number of fused-ring (bicyclic) bond motifs is 3. The molecule has 2 aromatic heterocycles. The molecule has 1 aliphatic rings. The first-order valence-corrected chi connectivity index (χ1v) is 11.0. The van der Waals surface area contributed by atoms with Crippen molar-refractivity contribution in [2.75, 3.05) is 0 Å². The molecule has 0 fully saturated rings. The van der Waals surface area contributed by atoms with Crippen LogP contribution in [-0.4, -0.2) is 9.97 Å². The van der Waals surface area contributed by atoms with Crippen molar-refractivity contribution in [2.24, 2.45) is 0 Å². The second kappa shape index (κ2) is 7.72. The van der Waals surface area contributed by atoms with Crippen LogP contribution in [0.25, 0.3) is 22.3 Å². The van der Waals surface area contributed by atoms with Crippen LogP contribution in [0, 0.1) is 0 Å². The molecule has 2 heterocycles. The minimum Gasteiger partial charge on any atom is -0.439 e. The third-order valence-electron chi connectivity index (χ3n) is 6.46. The van der Waals surface area contributed by atoms with E-state index in [2.05, 4.69) is 72.6 Å². The van der Waals surface area contributed by atoms with E-state index in [1.807, 2.05) is 30.5 Å². The molecule has 33 heavy (non-hydrogen) atoms. The van der Waals surface area contributed by atoms with Gasteiger partial charge >= 0.3 is 0 Å². The molecule has 0 N–H and O–H groups in total. The Bertz CT molecular complexity index is 1520. The maximum absolute atomic E-state index is 7.79. The van der Waals surface area contributed by atoms with Crippen molar-refractivity contribution < 1.29 is 6.11 Å². The zero-order valence-corrected chi connectivity index (χ0v) is 18.2. The smallest absolute Gasteiger partial charge is 0.219 e. The van der Waals surface area contributed by atoms with Crippen LogP contribution in [0.3, 0.4) is 0 Å². The van der Waals surface area contributed by atoms with E-state index in [-0.39, 0.29) is 5.41 Å². The third-order valence-corrected chi connectivity index (χ3v) is 6.46. The van der Waals surface area contributed by atoms with Crippen LogP contribution in [0.15, 0.2) is 115 Å². The lowest BCUT2D eigenvalue weighted by Crippen LogP contribution is -2.23. The summed E-state index contributed by atoms with van der Waals surface area (Å²) in [6, 6.07) is 33.0. The Hall–Kier alpha value is -4.24. The van der Waals surface area contributed by atoms with E-state index in [9.17, 15) is 0 Å². The highest BCUT2D eigenvalue weighted by Gasteiger charge is 2.41. The summed E-state index contributed by atoms with van der Waals surface area (Å²) in [5.41, 5.74) is 7.90. The van der Waals surface area contributed by atoms with Crippen molar-refractivity contribution in [1.82, 2.24) is 9.97 Å². The first-order valence-electron chi connectivity index (χ1n) is 11.5. The maximum Gasteiger partial charge on any atom is 0.219 e. The summed E-state index contributed by atoms with van der Waals surface area (Å²) in [5.74, 6) is 1.10. The highest BCUT2D eigenvalue weighted by atomic mass is 16.5. The van der Waals surface area contributed by atoms with Gasteiger partial charge in [0.25, 0.3) is 0 Å². The molecule has 0 spiro atoms. The molecule has 0 bridgehead atoms. The van der Waals surface area contributed by atoms with Crippen molar-refractivity contribution in [2.45, 2.75) is 12.3 Å². The largest absolute Gasteiger partial charge is 0.439 e. The van der Waals surface area contributed by atoms with Crippen LogP contribution in [0.2, 0.25) is 0 Å². The lowest BCUT2D eigenvalue weighted by atomic mass is 9.76. The molecule has 1 aliphatic carbocycles. The Morgan fingerprint density at radius 1 is 0.697 bits per heavy atom. The predicted molar refractivity (Wildman–Crippen MR) is 131 cm³/mol. The lowest BCUT2D eigenvalue weighted by Gasteiger charge is -2.27. The van der Waals surface area contributed by atoms with Crippen LogP contribution >= 0.6 is 0 Å². The molecule has 3 heteroatoms. The average molecular weight is 428 g/mol. The molecule has 158 valence electrons. The lowest BCUT2D eigenvalue weighted by molar-refractivity contribution is 0.463. The summed E-state index contributed by atoms with van der Waals surface area (Å²) in [5, 5.41) is 0. The molecular weight excluding hydrogens is 404 g/mol. The van der Waals surface area contributed by atoms with Crippen LogP contribution in [0.5, 0.6) is 11.6 Å². The summed E-state index contributed by atoms with van der Waals surface area (Å²) in [6.07, 6.45) is 3.45. The molecule has 0 amide bonds. The standard InChI is InChI=1S/C30H22N2O/c1-30(28-13-4-6-17-31-28)26-12-3-2-11-24(26)25-16-15-22(20-27(25)30)21-9-8-10-23(19-21)33-29-14-5-7-18-32-29/h2-20H,1H3/i5D. The van der Waals surface area contributed by atoms with Crippen LogP contribution < -0.4 is 4.74 Å². The normalized spacial score (nSPS) is 16.6.